The van der Waals surface area contributed by atoms with Crippen molar-refractivity contribution < 1.29 is 23.9 Å². The summed E-state index contributed by atoms with van der Waals surface area (Å²) in [6, 6.07) is 13.1. The number of hydrogen-bond acceptors (Lipinski definition) is 8. The molecule has 3 heterocycles. The van der Waals surface area contributed by atoms with E-state index in [1.54, 1.807) is 59.9 Å². The third-order valence-electron chi connectivity index (χ3n) is 6.26. The quantitative estimate of drug-likeness (QED) is 0.276. The van der Waals surface area contributed by atoms with Gasteiger partial charge in [-0.05, 0) is 89.9 Å². The Bertz CT molecular complexity index is 1590. The van der Waals surface area contributed by atoms with E-state index in [9.17, 15) is 14.4 Å². The Morgan fingerprint density at radius 1 is 0.886 bits per heavy atom. The van der Waals surface area contributed by atoms with Crippen molar-refractivity contribution in [1.82, 2.24) is 20.2 Å². The summed E-state index contributed by atoms with van der Waals surface area (Å²) >= 11 is 0. The second kappa shape index (κ2) is 13.7. The highest BCUT2D eigenvalue weighted by Gasteiger charge is 2.32. The molecule has 0 fully saturated rings. The number of aromatic nitrogens is 2. The van der Waals surface area contributed by atoms with Crippen LogP contribution >= 0.6 is 0 Å². The molecule has 2 aromatic heterocycles. The number of ketones is 1. The molecule has 0 unspecified atom stereocenters. The number of ether oxygens (including phenoxy) is 2. The van der Waals surface area contributed by atoms with Crippen LogP contribution in [0.25, 0.3) is 5.57 Å². The van der Waals surface area contributed by atoms with Crippen LogP contribution in [0, 0.1) is 11.8 Å². The van der Waals surface area contributed by atoms with Gasteiger partial charge in [0.2, 0.25) is 5.78 Å². The van der Waals surface area contributed by atoms with Gasteiger partial charge in [-0.15, -0.1) is 0 Å². The van der Waals surface area contributed by atoms with Gasteiger partial charge in [-0.25, -0.2) is 14.5 Å². The van der Waals surface area contributed by atoms with Crippen LogP contribution < -0.4 is 5.32 Å². The third-order valence-corrected chi connectivity index (χ3v) is 6.26. The second-order valence-electron chi connectivity index (χ2n) is 12.4. The van der Waals surface area contributed by atoms with Gasteiger partial charge in [0.05, 0.1) is 6.54 Å². The van der Waals surface area contributed by atoms with Gasteiger partial charge in [0, 0.05) is 47.4 Å². The van der Waals surface area contributed by atoms with E-state index >= 15 is 0 Å². The normalized spacial score (nSPS) is 13.2. The van der Waals surface area contributed by atoms with E-state index in [-0.39, 0.29) is 18.0 Å². The maximum absolute atomic E-state index is 13.8. The highest BCUT2D eigenvalue weighted by atomic mass is 16.6. The number of pyridine rings is 2. The molecule has 0 radical (unpaired) electrons. The summed E-state index contributed by atoms with van der Waals surface area (Å²) < 4.78 is 11.0. The lowest BCUT2D eigenvalue weighted by Crippen LogP contribution is -2.43. The van der Waals surface area contributed by atoms with Gasteiger partial charge >= 0.3 is 12.2 Å². The standard InChI is InChI=1S/C35H38N4O5/c1-34(2,3)43-32(41)39(33(42)44-35(4,5)6)23-26-19-29(27-14-16-36-17-15-27)30(38-21-26)31(40)28-18-25(20-37-22-28)13-12-24-10-8-7-9-11-24/h7-11,14,18-22,36H,15-17,23H2,1-6H3. The number of imide groups is 1. The predicted molar refractivity (Wildman–Crippen MR) is 168 cm³/mol. The first kappa shape index (κ1) is 32.1. The molecule has 0 bridgehead atoms. The number of nitrogens with zero attached hydrogens (tertiary/aromatic N) is 3. The zero-order chi connectivity index (χ0) is 31.9. The average Bonchev–Trinajstić information content (AvgIpc) is 2.97. The molecule has 44 heavy (non-hydrogen) atoms. The first-order chi connectivity index (χ1) is 20.8. The molecule has 228 valence electrons. The Hall–Kier alpha value is -4.81. The van der Waals surface area contributed by atoms with Crippen LogP contribution in [0.3, 0.4) is 0 Å². The van der Waals surface area contributed by atoms with E-state index in [1.807, 2.05) is 36.4 Å². The Labute approximate surface area is 258 Å². The van der Waals surface area contributed by atoms with Gasteiger partial charge in [0.25, 0.3) is 0 Å². The summed E-state index contributed by atoms with van der Waals surface area (Å²) in [6.07, 6.45) is 5.62. The monoisotopic (exact) mass is 594 g/mol. The van der Waals surface area contributed by atoms with Crippen molar-refractivity contribution in [3.8, 4) is 11.8 Å². The van der Waals surface area contributed by atoms with E-state index in [2.05, 4.69) is 27.1 Å². The Morgan fingerprint density at radius 2 is 1.55 bits per heavy atom. The predicted octanol–water partition coefficient (Wildman–Crippen LogP) is 6.16. The largest absolute Gasteiger partial charge is 0.443 e. The molecule has 9 nitrogen and oxygen atoms in total. The lowest BCUT2D eigenvalue weighted by atomic mass is 9.94. The number of hydrogen-bond donors (Lipinski definition) is 1. The highest BCUT2D eigenvalue weighted by molar-refractivity contribution is 6.10. The smallest absolute Gasteiger partial charge is 0.420 e. The summed E-state index contributed by atoms with van der Waals surface area (Å²) in [5, 5.41) is 3.28. The molecule has 2 amide bonds. The summed E-state index contributed by atoms with van der Waals surface area (Å²) in [7, 11) is 0. The molecule has 4 rings (SSSR count). The van der Waals surface area contributed by atoms with Crippen LogP contribution in [0.4, 0.5) is 9.59 Å². The van der Waals surface area contributed by atoms with Gasteiger partial charge in [0.15, 0.2) is 0 Å². The lowest BCUT2D eigenvalue weighted by Gasteiger charge is -2.28. The van der Waals surface area contributed by atoms with Gasteiger partial charge in [-0.3, -0.25) is 14.8 Å². The SMILES string of the molecule is CC(C)(C)OC(=O)N(Cc1cnc(C(=O)c2cncc(C#Cc3ccccc3)c2)c(C2=CCNCC2)c1)C(=O)OC(C)(C)C. The van der Waals surface area contributed by atoms with Crippen molar-refractivity contribution >= 4 is 23.5 Å². The zero-order valence-electron chi connectivity index (χ0n) is 26.1. The van der Waals surface area contributed by atoms with E-state index in [1.165, 1.54) is 12.4 Å². The van der Waals surface area contributed by atoms with Crippen LogP contribution in [0.15, 0.2) is 67.1 Å². The van der Waals surface area contributed by atoms with Gasteiger partial charge in [0.1, 0.15) is 16.9 Å². The van der Waals surface area contributed by atoms with Crippen molar-refractivity contribution in [3.05, 3.63) is 101 Å². The maximum Gasteiger partial charge on any atom is 0.420 e. The number of carbonyl (C=O) groups is 3. The Balaban J connectivity index is 1.69. The number of carbonyl (C=O) groups excluding carboxylic acids is 3. The molecule has 1 aliphatic rings. The highest BCUT2D eigenvalue weighted by Crippen LogP contribution is 2.27. The van der Waals surface area contributed by atoms with Crippen LogP contribution in [0.2, 0.25) is 0 Å². The third kappa shape index (κ3) is 9.09. The van der Waals surface area contributed by atoms with Gasteiger partial charge in [-0.2, -0.15) is 0 Å². The molecule has 1 N–H and O–H groups in total. The number of benzene rings is 1. The first-order valence-electron chi connectivity index (χ1n) is 14.5. The first-order valence-corrected chi connectivity index (χ1v) is 14.5. The van der Waals surface area contributed by atoms with E-state index < -0.39 is 23.4 Å². The van der Waals surface area contributed by atoms with Crippen LogP contribution in [0.1, 0.15) is 86.3 Å². The summed E-state index contributed by atoms with van der Waals surface area (Å²) in [4.78, 5) is 49.8. The molecule has 3 aromatic rings. The van der Waals surface area contributed by atoms with E-state index in [0.717, 1.165) is 22.6 Å². The topological polar surface area (TPSA) is 111 Å². The van der Waals surface area contributed by atoms with Crippen molar-refractivity contribution in [2.75, 3.05) is 13.1 Å². The second-order valence-corrected chi connectivity index (χ2v) is 12.4. The molecule has 0 spiro atoms. The molecule has 9 heteroatoms. The maximum atomic E-state index is 13.8. The Kier molecular flexibility index (Phi) is 9.97. The molecule has 0 saturated heterocycles. The lowest BCUT2D eigenvalue weighted by molar-refractivity contribution is -0.000290. The number of rotatable bonds is 5. The molecule has 1 aromatic carbocycles. The van der Waals surface area contributed by atoms with Crippen molar-refractivity contribution in [2.45, 2.75) is 65.7 Å². The minimum Gasteiger partial charge on any atom is -0.443 e. The van der Waals surface area contributed by atoms with Crippen molar-refractivity contribution in [1.29, 1.82) is 0 Å². The van der Waals surface area contributed by atoms with Crippen LogP contribution in [-0.4, -0.2) is 57.1 Å². The average molecular weight is 595 g/mol. The molecule has 0 saturated carbocycles. The minimum absolute atomic E-state index is 0.157. The minimum atomic E-state index is -0.839. The zero-order valence-corrected chi connectivity index (χ0v) is 26.1. The summed E-state index contributed by atoms with van der Waals surface area (Å²) in [5.74, 6) is 5.85. The van der Waals surface area contributed by atoms with Crippen molar-refractivity contribution in [2.24, 2.45) is 0 Å². The molecule has 0 atom stereocenters. The summed E-state index contributed by atoms with van der Waals surface area (Å²) in [5.41, 5.74) is 2.50. The summed E-state index contributed by atoms with van der Waals surface area (Å²) in [6.45, 7) is 11.5. The van der Waals surface area contributed by atoms with Crippen LogP contribution in [-0.2, 0) is 16.0 Å². The number of nitrogens with one attached hydrogen (secondary N) is 1. The fraction of sp³-hybridized carbons (Fsp3) is 0.343. The molecule has 0 aliphatic carbocycles. The molecule has 1 aliphatic heterocycles. The van der Waals surface area contributed by atoms with E-state index in [0.29, 0.717) is 35.2 Å². The fourth-order valence-electron chi connectivity index (χ4n) is 4.34. The molecular weight excluding hydrogens is 556 g/mol. The fourth-order valence-corrected chi connectivity index (χ4v) is 4.34. The number of amides is 2. The van der Waals surface area contributed by atoms with E-state index in [4.69, 9.17) is 9.47 Å². The van der Waals surface area contributed by atoms with Gasteiger partial charge in [-0.1, -0.05) is 36.1 Å². The van der Waals surface area contributed by atoms with Crippen molar-refractivity contribution in [3.63, 3.8) is 0 Å². The molecular formula is C35H38N4O5. The van der Waals surface area contributed by atoms with Crippen LogP contribution in [0.5, 0.6) is 0 Å². The Morgan fingerprint density at radius 3 is 2.16 bits per heavy atom. The van der Waals surface area contributed by atoms with Gasteiger partial charge < -0.3 is 14.8 Å².